The van der Waals surface area contributed by atoms with Gasteiger partial charge in [-0.1, -0.05) is 17.7 Å². The molecule has 1 heterocycles. The average molecular weight is 389 g/mol. The SMILES string of the molecule is Cn1ncc(Cl)c1-c1cc(NC(=O)c2cccc(F)c2)ccc1OCCN. The van der Waals surface area contributed by atoms with Crippen molar-refractivity contribution in [2.24, 2.45) is 12.8 Å². The molecule has 0 saturated heterocycles. The van der Waals surface area contributed by atoms with Gasteiger partial charge in [0.2, 0.25) is 0 Å². The third-order valence-corrected chi connectivity index (χ3v) is 4.13. The molecule has 0 bridgehead atoms. The summed E-state index contributed by atoms with van der Waals surface area (Å²) in [4.78, 5) is 12.4. The van der Waals surface area contributed by atoms with Crippen LogP contribution in [0.25, 0.3) is 11.3 Å². The lowest BCUT2D eigenvalue weighted by Gasteiger charge is -2.14. The van der Waals surface area contributed by atoms with Crippen LogP contribution in [0.4, 0.5) is 10.1 Å². The van der Waals surface area contributed by atoms with Crippen LogP contribution in [-0.2, 0) is 7.05 Å². The van der Waals surface area contributed by atoms with Crippen molar-refractivity contribution >= 4 is 23.2 Å². The van der Waals surface area contributed by atoms with Crippen molar-refractivity contribution in [3.05, 3.63) is 65.1 Å². The second-order valence-corrected chi connectivity index (χ2v) is 6.18. The molecule has 0 aliphatic heterocycles. The van der Waals surface area contributed by atoms with Crippen LogP contribution in [0.2, 0.25) is 5.02 Å². The van der Waals surface area contributed by atoms with Crippen molar-refractivity contribution in [1.82, 2.24) is 9.78 Å². The largest absolute Gasteiger partial charge is 0.492 e. The molecule has 27 heavy (non-hydrogen) atoms. The molecule has 0 saturated carbocycles. The first kappa shape index (κ1) is 18.9. The Balaban J connectivity index is 1.95. The number of aromatic nitrogens is 2. The van der Waals surface area contributed by atoms with E-state index in [0.717, 1.165) is 0 Å². The van der Waals surface area contributed by atoms with E-state index in [1.54, 1.807) is 29.9 Å². The fourth-order valence-electron chi connectivity index (χ4n) is 2.63. The monoisotopic (exact) mass is 388 g/mol. The Morgan fingerprint density at radius 1 is 1.33 bits per heavy atom. The maximum atomic E-state index is 13.3. The minimum absolute atomic E-state index is 0.221. The zero-order chi connectivity index (χ0) is 19.4. The molecule has 0 fully saturated rings. The van der Waals surface area contributed by atoms with E-state index < -0.39 is 11.7 Å². The van der Waals surface area contributed by atoms with Crippen LogP contribution >= 0.6 is 11.6 Å². The molecule has 1 aromatic heterocycles. The van der Waals surface area contributed by atoms with Gasteiger partial charge in [-0.3, -0.25) is 9.48 Å². The van der Waals surface area contributed by atoms with E-state index >= 15 is 0 Å². The Hall–Kier alpha value is -2.90. The maximum absolute atomic E-state index is 13.3. The third kappa shape index (κ3) is 4.27. The van der Waals surface area contributed by atoms with E-state index in [1.165, 1.54) is 30.5 Å². The highest BCUT2D eigenvalue weighted by molar-refractivity contribution is 6.33. The number of benzene rings is 2. The first-order chi connectivity index (χ1) is 13.0. The summed E-state index contributed by atoms with van der Waals surface area (Å²) in [5.41, 5.74) is 7.55. The Labute approximate surface area is 160 Å². The normalized spacial score (nSPS) is 10.7. The molecule has 3 N–H and O–H groups in total. The first-order valence-electron chi connectivity index (χ1n) is 8.21. The standard InChI is InChI=1S/C19H18ClFN4O2/c1-25-18(16(20)11-23-25)15-10-14(5-6-17(15)27-8-7-22)24-19(26)12-3-2-4-13(21)9-12/h2-6,9-11H,7-8,22H2,1H3,(H,24,26). The number of nitrogens with two attached hydrogens (primary N) is 1. The fraction of sp³-hybridized carbons (Fsp3) is 0.158. The molecule has 140 valence electrons. The number of nitrogens with zero attached hydrogens (tertiary/aromatic N) is 2. The van der Waals surface area contributed by atoms with Gasteiger partial charge in [-0.2, -0.15) is 5.10 Å². The highest BCUT2D eigenvalue weighted by atomic mass is 35.5. The Morgan fingerprint density at radius 3 is 2.81 bits per heavy atom. The smallest absolute Gasteiger partial charge is 0.255 e. The predicted molar refractivity (Wildman–Crippen MR) is 103 cm³/mol. The van der Waals surface area contributed by atoms with E-state index in [2.05, 4.69) is 10.4 Å². The van der Waals surface area contributed by atoms with Crippen molar-refractivity contribution in [2.45, 2.75) is 0 Å². The molecule has 8 heteroatoms. The third-order valence-electron chi connectivity index (χ3n) is 3.85. The number of amides is 1. The molecule has 0 radical (unpaired) electrons. The molecule has 3 rings (SSSR count). The van der Waals surface area contributed by atoms with Gasteiger partial charge in [-0.15, -0.1) is 0 Å². The number of nitrogens with one attached hydrogen (secondary N) is 1. The summed E-state index contributed by atoms with van der Waals surface area (Å²) >= 11 is 6.26. The number of anilines is 1. The molecular weight excluding hydrogens is 371 g/mol. The van der Waals surface area contributed by atoms with Gasteiger partial charge in [-0.05, 0) is 36.4 Å². The molecule has 2 aromatic carbocycles. The maximum Gasteiger partial charge on any atom is 0.255 e. The van der Waals surface area contributed by atoms with Crippen molar-refractivity contribution in [3.8, 4) is 17.0 Å². The summed E-state index contributed by atoms with van der Waals surface area (Å²) in [6.45, 7) is 0.689. The van der Waals surface area contributed by atoms with Crippen molar-refractivity contribution < 1.29 is 13.9 Å². The van der Waals surface area contributed by atoms with Crippen LogP contribution in [0.5, 0.6) is 5.75 Å². The van der Waals surface area contributed by atoms with Gasteiger partial charge in [-0.25, -0.2) is 4.39 Å². The van der Waals surface area contributed by atoms with Crippen LogP contribution in [0.1, 0.15) is 10.4 Å². The Morgan fingerprint density at radius 2 is 2.15 bits per heavy atom. The molecule has 0 aliphatic carbocycles. The number of rotatable bonds is 6. The summed E-state index contributed by atoms with van der Waals surface area (Å²) in [5, 5.41) is 7.34. The van der Waals surface area contributed by atoms with E-state index in [4.69, 9.17) is 22.1 Å². The topological polar surface area (TPSA) is 82.2 Å². The van der Waals surface area contributed by atoms with Crippen LogP contribution in [0, 0.1) is 5.82 Å². The fourth-order valence-corrected chi connectivity index (χ4v) is 2.90. The predicted octanol–water partition coefficient (Wildman–Crippen LogP) is 3.47. The number of aryl methyl sites for hydroxylation is 1. The lowest BCUT2D eigenvalue weighted by atomic mass is 10.1. The highest BCUT2D eigenvalue weighted by Gasteiger charge is 2.16. The molecule has 0 atom stereocenters. The zero-order valence-corrected chi connectivity index (χ0v) is 15.3. The lowest BCUT2D eigenvalue weighted by Crippen LogP contribution is -2.13. The summed E-state index contributed by atoms with van der Waals surface area (Å²) in [6, 6.07) is 10.6. The summed E-state index contributed by atoms with van der Waals surface area (Å²) in [6.07, 6.45) is 1.53. The van der Waals surface area contributed by atoms with Gasteiger partial charge in [0.05, 0.1) is 16.9 Å². The summed E-state index contributed by atoms with van der Waals surface area (Å²) in [7, 11) is 1.76. The van der Waals surface area contributed by atoms with E-state index in [9.17, 15) is 9.18 Å². The molecule has 0 aliphatic rings. The molecular formula is C19H18ClFN4O2. The number of carbonyl (C=O) groups is 1. The van der Waals surface area contributed by atoms with E-state index in [1.807, 2.05) is 0 Å². The van der Waals surface area contributed by atoms with Gasteiger partial charge in [0.15, 0.2) is 0 Å². The van der Waals surface area contributed by atoms with Crippen LogP contribution < -0.4 is 15.8 Å². The molecule has 0 unspecified atom stereocenters. The number of ether oxygens (including phenoxy) is 1. The second kappa shape index (κ2) is 8.20. The Kier molecular flexibility index (Phi) is 5.73. The van der Waals surface area contributed by atoms with Crippen molar-refractivity contribution in [2.75, 3.05) is 18.5 Å². The van der Waals surface area contributed by atoms with Gasteiger partial charge >= 0.3 is 0 Å². The summed E-state index contributed by atoms with van der Waals surface area (Å²) in [5.74, 6) is -0.336. The quantitative estimate of drug-likeness (QED) is 0.677. The lowest BCUT2D eigenvalue weighted by molar-refractivity contribution is 0.102. The second-order valence-electron chi connectivity index (χ2n) is 5.78. The van der Waals surface area contributed by atoms with E-state index in [-0.39, 0.29) is 5.56 Å². The minimum Gasteiger partial charge on any atom is -0.492 e. The van der Waals surface area contributed by atoms with Crippen molar-refractivity contribution in [3.63, 3.8) is 0 Å². The first-order valence-corrected chi connectivity index (χ1v) is 8.59. The van der Waals surface area contributed by atoms with Crippen LogP contribution in [-0.4, -0.2) is 28.8 Å². The van der Waals surface area contributed by atoms with Gasteiger partial charge in [0.1, 0.15) is 18.2 Å². The molecule has 6 nitrogen and oxygen atoms in total. The molecule has 3 aromatic rings. The van der Waals surface area contributed by atoms with E-state index in [0.29, 0.717) is 40.9 Å². The van der Waals surface area contributed by atoms with Gasteiger partial charge in [0.25, 0.3) is 5.91 Å². The highest BCUT2D eigenvalue weighted by Crippen LogP contribution is 2.36. The number of hydrogen-bond donors (Lipinski definition) is 2. The zero-order valence-electron chi connectivity index (χ0n) is 14.6. The Bertz CT molecular complexity index is 955. The number of halogens is 2. The van der Waals surface area contributed by atoms with Gasteiger partial charge < -0.3 is 15.8 Å². The number of hydrogen-bond acceptors (Lipinski definition) is 4. The van der Waals surface area contributed by atoms with Crippen molar-refractivity contribution in [1.29, 1.82) is 0 Å². The number of carbonyl (C=O) groups excluding carboxylic acids is 1. The minimum atomic E-state index is -0.476. The van der Waals surface area contributed by atoms with Gasteiger partial charge in [0, 0.05) is 30.4 Å². The van der Waals surface area contributed by atoms with Crippen LogP contribution in [0.3, 0.4) is 0 Å². The van der Waals surface area contributed by atoms with Crippen LogP contribution in [0.15, 0.2) is 48.7 Å². The average Bonchev–Trinajstić information content (AvgIpc) is 2.99. The molecule has 1 amide bonds. The molecule has 0 spiro atoms. The summed E-state index contributed by atoms with van der Waals surface area (Å²) < 4.78 is 20.7.